The van der Waals surface area contributed by atoms with E-state index in [1.54, 1.807) is 19.1 Å². The zero-order chi connectivity index (χ0) is 12.8. The molecule has 1 aromatic carbocycles. The van der Waals surface area contributed by atoms with Gasteiger partial charge in [0.2, 0.25) is 0 Å². The van der Waals surface area contributed by atoms with Gasteiger partial charge >= 0.3 is 11.9 Å². The third-order valence-electron chi connectivity index (χ3n) is 1.87. The highest BCUT2D eigenvalue weighted by Gasteiger charge is 2.15. The molecule has 0 fully saturated rings. The van der Waals surface area contributed by atoms with Crippen molar-refractivity contribution in [2.45, 2.75) is 6.92 Å². The number of halogens is 1. The molecule has 0 aliphatic carbocycles. The average molecular weight is 258 g/mol. The number of esters is 1. The van der Waals surface area contributed by atoms with Crippen LogP contribution in [-0.4, -0.2) is 25.6 Å². The van der Waals surface area contributed by atoms with Crippen LogP contribution >= 0.6 is 11.6 Å². The van der Waals surface area contributed by atoms with Crippen molar-refractivity contribution in [3.8, 4) is 5.75 Å². The fourth-order valence-electron chi connectivity index (χ4n) is 1.12. The van der Waals surface area contributed by atoms with Crippen LogP contribution in [0.1, 0.15) is 6.92 Å². The molecule has 6 heteroatoms. The van der Waals surface area contributed by atoms with Crippen LogP contribution in [0.5, 0.6) is 5.75 Å². The summed E-state index contributed by atoms with van der Waals surface area (Å²) in [5.41, 5.74) is 0.407. The van der Waals surface area contributed by atoms with Crippen molar-refractivity contribution < 1.29 is 19.1 Å². The third kappa shape index (κ3) is 3.64. The Balaban J connectivity index is 2.75. The molecular weight excluding hydrogens is 246 g/mol. The lowest BCUT2D eigenvalue weighted by Gasteiger charge is -2.07. The highest BCUT2D eigenvalue weighted by atomic mass is 35.5. The van der Waals surface area contributed by atoms with E-state index in [4.69, 9.17) is 16.3 Å². The van der Waals surface area contributed by atoms with Crippen LogP contribution in [0.4, 0.5) is 5.69 Å². The van der Waals surface area contributed by atoms with Crippen LogP contribution in [0.3, 0.4) is 0 Å². The molecule has 0 atom stereocenters. The Hall–Kier alpha value is -1.75. The van der Waals surface area contributed by atoms with Gasteiger partial charge in [0.15, 0.2) is 0 Å². The normalized spacial score (nSPS) is 9.59. The van der Waals surface area contributed by atoms with Gasteiger partial charge in [-0.25, -0.2) is 4.79 Å². The molecule has 0 radical (unpaired) electrons. The maximum absolute atomic E-state index is 11.3. The number of benzene rings is 1. The molecule has 0 spiro atoms. The summed E-state index contributed by atoms with van der Waals surface area (Å²) in [6, 6.07) is 4.63. The van der Waals surface area contributed by atoms with Gasteiger partial charge in [-0.1, -0.05) is 11.6 Å². The van der Waals surface area contributed by atoms with Gasteiger partial charge < -0.3 is 14.8 Å². The Bertz CT molecular complexity index is 433. The quantitative estimate of drug-likeness (QED) is 0.663. The first-order valence-corrected chi connectivity index (χ1v) is 5.28. The molecule has 0 saturated heterocycles. The second-order valence-corrected chi connectivity index (χ2v) is 3.43. The van der Waals surface area contributed by atoms with Crippen LogP contribution in [0, 0.1) is 0 Å². The molecule has 1 N–H and O–H groups in total. The number of hydrogen-bond donors (Lipinski definition) is 1. The van der Waals surface area contributed by atoms with Gasteiger partial charge in [0, 0.05) is 11.8 Å². The van der Waals surface area contributed by atoms with Crippen molar-refractivity contribution in [1.82, 2.24) is 0 Å². The Morgan fingerprint density at radius 1 is 1.41 bits per heavy atom. The molecular formula is C11H12ClNO4. The summed E-state index contributed by atoms with van der Waals surface area (Å²) in [5.74, 6) is -1.36. The van der Waals surface area contributed by atoms with E-state index in [1.807, 2.05) is 0 Å². The maximum Gasteiger partial charge on any atom is 0.397 e. The summed E-state index contributed by atoms with van der Waals surface area (Å²) >= 11 is 5.82. The topological polar surface area (TPSA) is 64.6 Å². The van der Waals surface area contributed by atoms with Gasteiger partial charge in [-0.2, -0.15) is 0 Å². The molecule has 5 nitrogen and oxygen atoms in total. The fourth-order valence-corrected chi connectivity index (χ4v) is 1.31. The van der Waals surface area contributed by atoms with Crippen LogP contribution in [0.2, 0.25) is 5.02 Å². The summed E-state index contributed by atoms with van der Waals surface area (Å²) < 4.78 is 9.52. The molecule has 1 rings (SSSR count). The number of methoxy groups -OCH3 is 1. The van der Waals surface area contributed by atoms with Crippen molar-refractivity contribution in [1.29, 1.82) is 0 Å². The van der Waals surface area contributed by atoms with Gasteiger partial charge in [0.05, 0.1) is 18.7 Å². The number of carbonyl (C=O) groups is 2. The lowest BCUT2D eigenvalue weighted by molar-refractivity contribution is -0.152. The zero-order valence-electron chi connectivity index (χ0n) is 9.45. The van der Waals surface area contributed by atoms with Crippen molar-refractivity contribution in [2.24, 2.45) is 0 Å². The predicted octanol–water partition coefficient (Wildman–Crippen LogP) is 1.85. The highest BCUT2D eigenvalue weighted by Crippen LogP contribution is 2.27. The second kappa shape index (κ2) is 6.10. The molecule has 17 heavy (non-hydrogen) atoms. The Kier molecular flexibility index (Phi) is 4.78. The first kappa shape index (κ1) is 13.3. The van der Waals surface area contributed by atoms with E-state index in [9.17, 15) is 9.59 Å². The van der Waals surface area contributed by atoms with Crippen LogP contribution in [-0.2, 0) is 14.3 Å². The molecule has 0 heterocycles. The zero-order valence-corrected chi connectivity index (χ0v) is 10.2. The minimum absolute atomic E-state index is 0.149. The maximum atomic E-state index is 11.3. The molecule has 0 aliphatic heterocycles. The van der Waals surface area contributed by atoms with Crippen LogP contribution < -0.4 is 10.1 Å². The van der Waals surface area contributed by atoms with Gasteiger partial charge in [-0.15, -0.1) is 0 Å². The van der Waals surface area contributed by atoms with Crippen molar-refractivity contribution in [3.05, 3.63) is 23.2 Å². The second-order valence-electron chi connectivity index (χ2n) is 3.02. The van der Waals surface area contributed by atoms with E-state index >= 15 is 0 Å². The van der Waals surface area contributed by atoms with Crippen LogP contribution in [0.15, 0.2) is 18.2 Å². The minimum Gasteiger partial charge on any atom is -0.495 e. The summed E-state index contributed by atoms with van der Waals surface area (Å²) in [6.45, 7) is 1.77. The SMILES string of the molecule is CCOC(=O)C(=O)Nc1ccc(Cl)c(OC)c1. The predicted molar refractivity (Wildman–Crippen MR) is 63.3 cm³/mol. The lowest BCUT2D eigenvalue weighted by atomic mass is 10.3. The Morgan fingerprint density at radius 2 is 2.12 bits per heavy atom. The van der Waals surface area contributed by atoms with Crippen LogP contribution in [0.25, 0.3) is 0 Å². The molecule has 0 aromatic heterocycles. The van der Waals surface area contributed by atoms with Crippen molar-refractivity contribution in [3.63, 3.8) is 0 Å². The number of carbonyl (C=O) groups excluding carboxylic acids is 2. The van der Waals surface area contributed by atoms with E-state index in [0.29, 0.717) is 16.5 Å². The molecule has 0 saturated carbocycles. The van der Waals surface area contributed by atoms with Gasteiger partial charge in [-0.3, -0.25) is 4.79 Å². The Morgan fingerprint density at radius 3 is 2.71 bits per heavy atom. The number of rotatable bonds is 3. The first-order valence-electron chi connectivity index (χ1n) is 4.90. The van der Waals surface area contributed by atoms with E-state index in [1.165, 1.54) is 13.2 Å². The largest absolute Gasteiger partial charge is 0.495 e. The Labute approximate surface area is 104 Å². The average Bonchev–Trinajstić information content (AvgIpc) is 2.31. The fraction of sp³-hybridized carbons (Fsp3) is 0.273. The molecule has 0 aliphatic rings. The number of amides is 1. The van der Waals surface area contributed by atoms with Gasteiger partial charge in [0.25, 0.3) is 0 Å². The molecule has 0 bridgehead atoms. The monoisotopic (exact) mass is 257 g/mol. The number of anilines is 1. The summed E-state index contributed by atoms with van der Waals surface area (Å²) in [4.78, 5) is 22.4. The number of nitrogens with one attached hydrogen (secondary N) is 1. The molecule has 92 valence electrons. The summed E-state index contributed by atoms with van der Waals surface area (Å²) in [6.07, 6.45) is 0. The van der Waals surface area contributed by atoms with E-state index < -0.39 is 11.9 Å². The highest BCUT2D eigenvalue weighted by molar-refractivity contribution is 6.37. The molecule has 0 unspecified atom stereocenters. The number of ether oxygens (including phenoxy) is 2. The first-order chi connectivity index (χ1) is 8.08. The minimum atomic E-state index is -0.929. The lowest BCUT2D eigenvalue weighted by Crippen LogP contribution is -2.24. The number of hydrogen-bond acceptors (Lipinski definition) is 4. The van der Waals surface area contributed by atoms with Crippen molar-refractivity contribution in [2.75, 3.05) is 19.0 Å². The third-order valence-corrected chi connectivity index (χ3v) is 2.18. The molecule has 1 aromatic rings. The smallest absolute Gasteiger partial charge is 0.397 e. The summed E-state index contributed by atoms with van der Waals surface area (Å²) in [5, 5.41) is 2.79. The van der Waals surface area contributed by atoms with Gasteiger partial charge in [-0.05, 0) is 19.1 Å². The molecule has 1 amide bonds. The van der Waals surface area contributed by atoms with Gasteiger partial charge in [0.1, 0.15) is 5.75 Å². The standard InChI is InChI=1S/C11H12ClNO4/c1-3-17-11(15)10(14)13-7-4-5-8(12)9(6-7)16-2/h4-6H,3H2,1-2H3,(H,13,14). The summed E-state index contributed by atoms with van der Waals surface area (Å²) in [7, 11) is 1.46. The van der Waals surface area contributed by atoms with E-state index in [2.05, 4.69) is 10.1 Å². The van der Waals surface area contributed by atoms with Crippen molar-refractivity contribution >= 4 is 29.2 Å². The van der Waals surface area contributed by atoms with E-state index in [0.717, 1.165) is 0 Å². The van der Waals surface area contributed by atoms with E-state index in [-0.39, 0.29) is 6.61 Å².